The molecule has 0 radical (unpaired) electrons. The van der Waals surface area contributed by atoms with Crippen LogP contribution in [0.5, 0.6) is 0 Å². The van der Waals surface area contributed by atoms with Crippen LogP contribution >= 0.6 is 30.4 Å². The van der Waals surface area contributed by atoms with Gasteiger partial charge in [0.1, 0.15) is 141 Å². The van der Waals surface area contributed by atoms with Crippen LogP contribution in [0, 0.1) is 0 Å². The SMILES string of the molecule is C=COOC(CCC(=O)O)(C(=O)NC1[C@H](O[C@@H]2C(COC(=O)C(CCC(=O)O)(OOC=C)P(=O)(O)O)O[C@@H](O[C@@H]3C(CO)O[C@H](O[C@@H]4C(CO)O[C@@H](O[C@@H]5C(CO)O[C@@H](OC)C(NC(C)=O)[C@H]5O)C(N)[C@H]4OC(=O)C(CCC(=O)O)(OOC=C)P(=O)(O)O)C(N)[C@H]3OC(=O)C(CCC(=O)O)(OOC=C)P(=O)(O)O)C(N)[C@H]2O)OC(CO)[C@@H](O[C@@H]2OC(CO)[C@@H](OC)[C@H](O)C2N)[C@@H]1O)P(=O)(O)O. The van der Waals surface area contributed by atoms with E-state index in [1.165, 1.54) is 0 Å². The molecule has 0 aromatic heterocycles. The van der Waals surface area contributed by atoms with Gasteiger partial charge in [-0.05, 0) is 0 Å². The second-order valence-electron chi connectivity index (χ2n) is 30.2. The third-order valence-electron chi connectivity index (χ3n) is 21.5. The topological polar surface area (TPSA) is 996 Å². The zero-order chi connectivity index (χ0) is 103. The smallest absolute Gasteiger partial charge is 0.373 e. The van der Waals surface area contributed by atoms with Gasteiger partial charge in [-0.2, -0.15) is 19.6 Å². The molecule has 0 bridgehead atoms. The molecule has 68 heteroatoms. The molecule has 34 atom stereocenters. The van der Waals surface area contributed by atoms with Crippen molar-refractivity contribution in [3.05, 3.63) is 51.4 Å². The van der Waals surface area contributed by atoms with E-state index in [2.05, 4.69) is 51.2 Å². The Morgan fingerprint density at radius 1 is 0.360 bits per heavy atom. The number of nitrogens with two attached hydrogens (primary N) is 4. The summed E-state index contributed by atoms with van der Waals surface area (Å²) in [6, 6.07) is -14.0. The van der Waals surface area contributed by atoms with Gasteiger partial charge in [0.2, 0.25) is 5.91 Å². The number of aliphatic carboxylic acids is 4. The molecule has 0 aliphatic carbocycles. The number of hydrogen-bond acceptors (Lipinski definition) is 50. The second kappa shape index (κ2) is 50.5. The number of carbonyl (C=O) groups is 9. The molecule has 0 aromatic rings. The summed E-state index contributed by atoms with van der Waals surface area (Å²) in [6.07, 6.45) is -68.3. The van der Waals surface area contributed by atoms with Gasteiger partial charge in [-0.15, -0.1) is 0 Å². The number of nitrogens with one attached hydrogen (secondary N) is 2. The first-order valence-corrected chi connectivity index (χ1v) is 46.1. The number of aliphatic hydroxyl groups is 9. The molecule has 6 heterocycles. The van der Waals surface area contributed by atoms with Crippen LogP contribution in [0.4, 0.5) is 0 Å². The largest absolute Gasteiger partial charge is 0.481 e. The van der Waals surface area contributed by atoms with Gasteiger partial charge in [-0.25, -0.2) is 14.4 Å². The van der Waals surface area contributed by atoms with Crippen LogP contribution in [0.25, 0.3) is 0 Å². The minimum Gasteiger partial charge on any atom is -0.481 e. The van der Waals surface area contributed by atoms with E-state index in [1.54, 1.807) is 0 Å². The van der Waals surface area contributed by atoms with Crippen LogP contribution in [0.2, 0.25) is 0 Å². The molecule has 0 spiro atoms. The van der Waals surface area contributed by atoms with Crippen molar-refractivity contribution in [3.8, 4) is 0 Å². The van der Waals surface area contributed by atoms with Crippen molar-refractivity contribution in [2.24, 2.45) is 22.9 Å². The summed E-state index contributed by atoms with van der Waals surface area (Å²) in [6.45, 7) is 4.79. The number of hydrogen-bond donors (Lipinski definition) is 27. The molecule has 31 N–H and O–H groups in total. The maximum atomic E-state index is 15.2. The maximum absolute atomic E-state index is 15.2. The Morgan fingerprint density at radius 3 is 0.956 bits per heavy atom. The van der Waals surface area contributed by atoms with Crippen LogP contribution in [-0.4, -0.2) is 418 Å². The molecular formula is C68H110N6O58P4. The Kier molecular flexibility index (Phi) is 43.6. The van der Waals surface area contributed by atoms with Crippen LogP contribution in [0.15, 0.2) is 51.4 Å². The van der Waals surface area contributed by atoms with Crippen molar-refractivity contribution >= 4 is 84.0 Å². The highest BCUT2D eigenvalue weighted by molar-refractivity contribution is 7.55. The number of rotatable bonds is 55. The summed E-state index contributed by atoms with van der Waals surface area (Å²) in [5.41, 5.74) is 26.7. The molecule has 16 unspecified atom stereocenters. The van der Waals surface area contributed by atoms with Crippen LogP contribution in [-0.2, 0) is 176 Å². The van der Waals surface area contributed by atoms with Crippen molar-refractivity contribution in [3.63, 3.8) is 0 Å². The number of aliphatic hydroxyl groups excluding tert-OH is 9. The molecule has 6 aliphatic heterocycles. The van der Waals surface area contributed by atoms with E-state index in [-0.39, 0.29) is 12.5 Å². The Balaban J connectivity index is 1.63. The lowest BCUT2D eigenvalue weighted by atomic mass is 9.93. The fraction of sp³-hybridized carbons (Fsp3) is 0.750. The first-order chi connectivity index (χ1) is 63.5. The lowest BCUT2D eigenvalue weighted by Crippen LogP contribution is -2.72. The van der Waals surface area contributed by atoms with Gasteiger partial charge < -0.3 is 234 Å². The van der Waals surface area contributed by atoms with Gasteiger partial charge in [0.05, 0.1) is 57.2 Å². The van der Waals surface area contributed by atoms with Crippen molar-refractivity contribution in [1.82, 2.24) is 10.6 Å². The molecule has 780 valence electrons. The highest BCUT2D eigenvalue weighted by Crippen LogP contribution is 2.59. The van der Waals surface area contributed by atoms with Crippen LogP contribution in [0.3, 0.4) is 0 Å². The molecule has 2 amide bonds. The molecule has 0 aromatic carbocycles. The van der Waals surface area contributed by atoms with Gasteiger partial charge >= 0.3 is 88.2 Å². The number of amides is 2. The molecular weight excluding hydrogens is 1950 g/mol. The zero-order valence-electron chi connectivity index (χ0n) is 71.5. The lowest BCUT2D eigenvalue weighted by molar-refractivity contribution is -0.370. The third-order valence-corrected chi connectivity index (χ3v) is 27.2. The second-order valence-corrected chi connectivity index (χ2v) is 37.5. The molecule has 6 fully saturated rings. The van der Waals surface area contributed by atoms with Crippen molar-refractivity contribution in [2.75, 3.05) is 53.9 Å². The normalized spacial score (nSPS) is 34.1. The Bertz CT molecular complexity index is 4260. The first-order valence-electron chi connectivity index (χ1n) is 39.7. The van der Waals surface area contributed by atoms with Crippen molar-refractivity contribution in [2.45, 2.75) is 264 Å². The van der Waals surface area contributed by atoms with Gasteiger partial charge in [0.25, 0.3) is 11.2 Å². The number of esters is 3. The van der Waals surface area contributed by atoms with Crippen molar-refractivity contribution < 1.29 is 282 Å². The van der Waals surface area contributed by atoms with E-state index in [0.717, 1.165) is 21.1 Å². The van der Waals surface area contributed by atoms with Gasteiger partial charge in [-0.1, -0.05) is 26.3 Å². The van der Waals surface area contributed by atoms with E-state index < -0.39 is 380 Å². The quantitative estimate of drug-likeness (QED) is 0.00671. The molecule has 6 rings (SSSR count). The average molecular weight is 2060 g/mol. The highest BCUT2D eigenvalue weighted by Gasteiger charge is 2.68. The van der Waals surface area contributed by atoms with Crippen LogP contribution < -0.4 is 33.6 Å². The van der Waals surface area contributed by atoms with E-state index in [4.69, 9.17) is 118 Å². The number of carbonyl (C=O) groups excluding carboxylic acids is 5. The lowest BCUT2D eigenvalue weighted by Gasteiger charge is -2.51. The van der Waals surface area contributed by atoms with E-state index >= 15 is 4.79 Å². The predicted octanol–water partition coefficient (Wildman–Crippen LogP) is -11.7. The third kappa shape index (κ3) is 27.2. The summed E-state index contributed by atoms with van der Waals surface area (Å²) < 4.78 is 148. The summed E-state index contributed by atoms with van der Waals surface area (Å²) in [5, 5.41) is 131. The highest BCUT2D eigenvalue weighted by atomic mass is 31.2. The van der Waals surface area contributed by atoms with Crippen molar-refractivity contribution in [1.29, 1.82) is 0 Å². The molecule has 136 heavy (non-hydrogen) atoms. The average Bonchev–Trinajstić information content (AvgIpc) is 0.769. The predicted molar refractivity (Wildman–Crippen MR) is 422 cm³/mol. The standard InChI is InChI=1S/C68H110N6O58P4/c1-8-112-129-65(133(97,98)99,16-12-33(81)82)61(93)74-42-46(92)49(122-55-37(69)43(89)47(109-6)27(20-75)116-55)29(22-77)120-60(42)124-50-32(25-111-62(94)66(130-113-9-2,134(100,101)102)17-13-34(83)84)121-56(38(70)44(50)90)125-51-30(23-78)118-58(40(72)54(51)128-64(96)68(132-115-11-4,136(106,107)108)19-15-36(87)88)126-52-31(24-79)117-57(123-48-28(21-76)119-59(110-7)41(45(48)91)73-26(5)80)39(71)53(52)127-63(95)67(131-114-10-3,135(103,104)105)18-14-35(85)86/h8-11,27-32,37-60,75-79,89-92H,1-4,12-25,69-72H2,5-7H3,(H,73,80)(H,74,93)(H,81,82)(H,83,84)(H,85,86)(H,87,88)(H2,97,98,99)(H2,100,101,102)(H2,103,104,105)(H2,106,107,108)/t27?,28?,29?,30?,31?,32?,37?,38?,39?,40?,41?,42?,43-,44-,45-,46-,47-,48-,49-,50-,51-,52-,53-,54-,55+,56+,57+,58-,59-,60+,65?,66?,67?,68?/m1/s1. The number of carboxylic acid groups (broad SMARTS) is 4. The van der Waals surface area contributed by atoms with E-state index in [1.807, 2.05) is 5.32 Å². The first kappa shape index (κ1) is 117. The fourth-order valence-electron chi connectivity index (χ4n) is 14.5. The minimum absolute atomic E-state index is 0.255. The zero-order valence-corrected chi connectivity index (χ0v) is 75.0. The van der Waals surface area contributed by atoms with Gasteiger partial charge in [-0.3, -0.25) is 47.0 Å². The number of ether oxygens (including phenoxy) is 16. The summed E-state index contributed by atoms with van der Waals surface area (Å²) in [4.78, 5) is 246. The Labute approximate surface area is 765 Å². The molecule has 6 saturated heterocycles. The maximum Gasteiger partial charge on any atom is 0.373 e. The summed E-state index contributed by atoms with van der Waals surface area (Å²) in [7, 11) is -23.8. The molecule has 0 saturated carbocycles. The minimum atomic E-state index is -6.59. The van der Waals surface area contributed by atoms with E-state index in [0.29, 0.717) is 12.5 Å². The molecule has 6 aliphatic rings. The summed E-state index contributed by atoms with van der Waals surface area (Å²) in [5.74, 6) is -18.0. The fourth-order valence-corrected chi connectivity index (χ4v) is 17.9. The van der Waals surface area contributed by atoms with Gasteiger partial charge in [0.15, 0.2) is 49.9 Å². The van der Waals surface area contributed by atoms with Crippen LogP contribution in [0.1, 0.15) is 58.3 Å². The number of carboxylic acids is 4. The van der Waals surface area contributed by atoms with Gasteiger partial charge in [0, 0.05) is 72.5 Å². The molecule has 64 nitrogen and oxygen atoms in total. The monoisotopic (exact) mass is 2060 g/mol. The Morgan fingerprint density at radius 2 is 0.632 bits per heavy atom. The number of methoxy groups -OCH3 is 2. The Hall–Kier alpha value is -7.21. The summed E-state index contributed by atoms with van der Waals surface area (Å²) >= 11 is 0. The van der Waals surface area contributed by atoms with E-state index in [9.17, 15) is 162 Å².